The maximum Gasteiger partial charge on any atom is 0.261 e. The molecule has 20 heavy (non-hydrogen) atoms. The molecule has 0 aliphatic carbocycles. The zero-order valence-corrected chi connectivity index (χ0v) is 11.5. The lowest BCUT2D eigenvalue weighted by Gasteiger charge is -2.08. The summed E-state index contributed by atoms with van der Waals surface area (Å²) in [6.45, 7) is 1.90. The molecular formula is C14H12N2O3S. The van der Waals surface area contributed by atoms with Crippen molar-refractivity contribution in [3.05, 3.63) is 54.4 Å². The maximum absolute atomic E-state index is 12.2. The van der Waals surface area contributed by atoms with Gasteiger partial charge in [0.25, 0.3) is 10.0 Å². The molecule has 0 amide bonds. The van der Waals surface area contributed by atoms with Gasteiger partial charge in [-0.3, -0.25) is 4.72 Å². The van der Waals surface area contributed by atoms with Gasteiger partial charge in [-0.15, -0.1) is 0 Å². The van der Waals surface area contributed by atoms with Crippen molar-refractivity contribution in [1.29, 1.82) is 0 Å². The molecule has 0 aliphatic heterocycles. The topological polar surface area (TPSA) is 72.2 Å². The highest BCUT2D eigenvalue weighted by atomic mass is 32.2. The van der Waals surface area contributed by atoms with Crippen LogP contribution in [0.4, 0.5) is 5.69 Å². The molecule has 6 heteroatoms. The van der Waals surface area contributed by atoms with Crippen molar-refractivity contribution in [2.75, 3.05) is 4.72 Å². The standard InChI is InChI=1S/C14H12N2O3S/c1-10-2-5-12(6-3-10)20(17,18)16-11-4-7-13-14(8-11)19-9-15-13/h2-9,16H,1H3. The highest BCUT2D eigenvalue weighted by molar-refractivity contribution is 7.92. The highest BCUT2D eigenvalue weighted by Gasteiger charge is 2.14. The average Bonchev–Trinajstić information content (AvgIpc) is 2.86. The monoisotopic (exact) mass is 288 g/mol. The number of nitrogens with zero attached hydrogens (tertiary/aromatic N) is 1. The minimum absolute atomic E-state index is 0.223. The Morgan fingerprint density at radius 2 is 1.85 bits per heavy atom. The predicted octanol–water partition coefficient (Wildman–Crippen LogP) is 2.94. The van der Waals surface area contributed by atoms with Crippen LogP contribution in [0, 0.1) is 6.92 Å². The molecule has 3 rings (SSSR count). The molecule has 0 aliphatic rings. The van der Waals surface area contributed by atoms with E-state index >= 15 is 0 Å². The van der Waals surface area contributed by atoms with Crippen molar-refractivity contribution in [2.24, 2.45) is 0 Å². The lowest BCUT2D eigenvalue weighted by Crippen LogP contribution is -2.12. The number of aromatic nitrogens is 1. The molecule has 3 aromatic rings. The van der Waals surface area contributed by atoms with Crippen LogP contribution in [-0.4, -0.2) is 13.4 Å². The summed E-state index contributed by atoms with van der Waals surface area (Å²) in [5.74, 6) is 0. The fourth-order valence-electron chi connectivity index (χ4n) is 1.85. The fraction of sp³-hybridized carbons (Fsp3) is 0.0714. The summed E-state index contributed by atoms with van der Waals surface area (Å²) in [6.07, 6.45) is 1.32. The van der Waals surface area contributed by atoms with Gasteiger partial charge in [0.1, 0.15) is 5.52 Å². The van der Waals surface area contributed by atoms with Gasteiger partial charge >= 0.3 is 0 Å². The van der Waals surface area contributed by atoms with Crippen LogP contribution in [0.25, 0.3) is 11.1 Å². The average molecular weight is 288 g/mol. The van der Waals surface area contributed by atoms with Crippen LogP contribution in [0.3, 0.4) is 0 Å². The van der Waals surface area contributed by atoms with E-state index in [-0.39, 0.29) is 4.90 Å². The molecule has 0 spiro atoms. The zero-order valence-electron chi connectivity index (χ0n) is 10.7. The van der Waals surface area contributed by atoms with Gasteiger partial charge in [-0.2, -0.15) is 0 Å². The molecule has 0 radical (unpaired) electrons. The molecule has 0 fully saturated rings. The molecule has 0 atom stereocenters. The van der Waals surface area contributed by atoms with Gasteiger partial charge in [0, 0.05) is 6.07 Å². The third-order valence-electron chi connectivity index (χ3n) is 2.91. The Hall–Kier alpha value is -2.34. The van der Waals surface area contributed by atoms with Crippen molar-refractivity contribution in [1.82, 2.24) is 4.98 Å². The maximum atomic E-state index is 12.2. The van der Waals surface area contributed by atoms with E-state index in [1.807, 2.05) is 6.92 Å². The highest BCUT2D eigenvalue weighted by Crippen LogP contribution is 2.21. The van der Waals surface area contributed by atoms with Crippen LogP contribution in [0.2, 0.25) is 0 Å². The van der Waals surface area contributed by atoms with E-state index < -0.39 is 10.0 Å². The van der Waals surface area contributed by atoms with Crippen molar-refractivity contribution in [3.8, 4) is 0 Å². The SMILES string of the molecule is Cc1ccc(S(=O)(=O)Nc2ccc3ncoc3c2)cc1. The number of sulfonamides is 1. The van der Waals surface area contributed by atoms with Crippen LogP contribution in [-0.2, 0) is 10.0 Å². The van der Waals surface area contributed by atoms with E-state index in [1.165, 1.54) is 6.39 Å². The summed E-state index contributed by atoms with van der Waals surface area (Å²) < 4.78 is 32.1. The van der Waals surface area contributed by atoms with E-state index in [0.29, 0.717) is 16.8 Å². The Kier molecular flexibility index (Phi) is 2.94. The Labute approximate surface area is 116 Å². The summed E-state index contributed by atoms with van der Waals surface area (Å²) in [7, 11) is -3.59. The number of fused-ring (bicyclic) bond motifs is 1. The number of hydrogen-bond acceptors (Lipinski definition) is 4. The third-order valence-corrected chi connectivity index (χ3v) is 4.31. The molecule has 0 unspecified atom stereocenters. The number of nitrogens with one attached hydrogen (secondary N) is 1. The number of hydrogen-bond donors (Lipinski definition) is 1. The smallest absolute Gasteiger partial charge is 0.261 e. The van der Waals surface area contributed by atoms with Crippen molar-refractivity contribution in [2.45, 2.75) is 11.8 Å². The van der Waals surface area contributed by atoms with Crippen LogP contribution in [0.1, 0.15) is 5.56 Å². The van der Waals surface area contributed by atoms with Gasteiger partial charge in [-0.1, -0.05) is 17.7 Å². The molecule has 1 aromatic heterocycles. The summed E-state index contributed by atoms with van der Waals surface area (Å²) in [4.78, 5) is 4.20. The Morgan fingerprint density at radius 3 is 2.60 bits per heavy atom. The van der Waals surface area contributed by atoms with Crippen molar-refractivity contribution in [3.63, 3.8) is 0 Å². The predicted molar refractivity (Wildman–Crippen MR) is 76.0 cm³/mol. The summed E-state index contributed by atoms with van der Waals surface area (Å²) in [5, 5.41) is 0. The van der Waals surface area contributed by atoms with Gasteiger partial charge in [0.05, 0.1) is 10.6 Å². The molecule has 0 bridgehead atoms. The van der Waals surface area contributed by atoms with E-state index in [1.54, 1.807) is 42.5 Å². The van der Waals surface area contributed by atoms with Crippen LogP contribution in [0.15, 0.2) is 58.2 Å². The lowest BCUT2D eigenvalue weighted by molar-refractivity contribution is 0.601. The van der Waals surface area contributed by atoms with Crippen molar-refractivity contribution >= 4 is 26.8 Å². The van der Waals surface area contributed by atoms with Gasteiger partial charge in [-0.05, 0) is 31.2 Å². The van der Waals surface area contributed by atoms with Gasteiger partial charge in [0.15, 0.2) is 12.0 Å². The second-order valence-electron chi connectivity index (χ2n) is 4.45. The first-order valence-electron chi connectivity index (χ1n) is 5.97. The molecule has 0 saturated heterocycles. The molecule has 2 aromatic carbocycles. The first-order valence-corrected chi connectivity index (χ1v) is 7.46. The number of anilines is 1. The van der Waals surface area contributed by atoms with Gasteiger partial charge < -0.3 is 4.42 Å². The minimum atomic E-state index is -3.59. The lowest BCUT2D eigenvalue weighted by atomic mass is 10.2. The van der Waals surface area contributed by atoms with Crippen LogP contribution in [0.5, 0.6) is 0 Å². The van der Waals surface area contributed by atoms with Gasteiger partial charge in [-0.25, -0.2) is 13.4 Å². The van der Waals surface area contributed by atoms with Crippen LogP contribution >= 0.6 is 0 Å². The Balaban J connectivity index is 1.94. The number of rotatable bonds is 3. The largest absolute Gasteiger partial charge is 0.443 e. The normalized spacial score (nSPS) is 11.7. The van der Waals surface area contributed by atoms with E-state index in [9.17, 15) is 8.42 Å². The summed E-state index contributed by atoms with van der Waals surface area (Å²) >= 11 is 0. The minimum Gasteiger partial charge on any atom is -0.443 e. The van der Waals surface area contributed by atoms with E-state index in [2.05, 4.69) is 9.71 Å². The molecule has 1 N–H and O–H groups in total. The summed E-state index contributed by atoms with van der Waals surface area (Å²) in [5.41, 5.74) is 2.67. The van der Waals surface area contributed by atoms with E-state index in [4.69, 9.17) is 4.42 Å². The van der Waals surface area contributed by atoms with Gasteiger partial charge in [0.2, 0.25) is 0 Å². The third kappa shape index (κ3) is 2.37. The molecular weight excluding hydrogens is 276 g/mol. The second kappa shape index (κ2) is 4.64. The number of aryl methyl sites for hydroxylation is 1. The fourth-order valence-corrected chi connectivity index (χ4v) is 2.90. The number of benzene rings is 2. The Bertz CT molecular complexity index is 852. The molecule has 0 saturated carbocycles. The van der Waals surface area contributed by atoms with Crippen LogP contribution < -0.4 is 4.72 Å². The molecule has 102 valence electrons. The molecule has 1 heterocycles. The van der Waals surface area contributed by atoms with Crippen molar-refractivity contribution < 1.29 is 12.8 Å². The second-order valence-corrected chi connectivity index (χ2v) is 6.14. The zero-order chi connectivity index (χ0) is 14.2. The van der Waals surface area contributed by atoms with E-state index in [0.717, 1.165) is 5.56 Å². The molecule has 5 nitrogen and oxygen atoms in total. The first-order chi connectivity index (χ1) is 9.54. The number of oxazole rings is 1. The first kappa shape index (κ1) is 12.7. The summed E-state index contributed by atoms with van der Waals surface area (Å²) in [6, 6.07) is 11.6. The quantitative estimate of drug-likeness (QED) is 0.804. The Morgan fingerprint density at radius 1 is 1.10 bits per heavy atom.